The van der Waals surface area contributed by atoms with Crippen LogP contribution in [0.1, 0.15) is 25.3 Å². The van der Waals surface area contributed by atoms with E-state index in [1.807, 2.05) is 33.6 Å². The largest absolute Gasteiger partial charge is 0.342 e. The zero-order chi connectivity index (χ0) is 18.4. The molecule has 2 amide bonds. The van der Waals surface area contributed by atoms with E-state index in [0.29, 0.717) is 18.9 Å². The van der Waals surface area contributed by atoms with E-state index in [4.69, 9.17) is 0 Å². The second-order valence-electron chi connectivity index (χ2n) is 6.57. The van der Waals surface area contributed by atoms with Crippen molar-refractivity contribution in [3.05, 3.63) is 28.7 Å². The molecule has 0 radical (unpaired) electrons. The van der Waals surface area contributed by atoms with Crippen molar-refractivity contribution in [2.24, 2.45) is 5.92 Å². The Kier molecular flexibility index (Phi) is 6.32. The van der Waals surface area contributed by atoms with Gasteiger partial charge in [0.25, 0.3) is 0 Å². The van der Waals surface area contributed by atoms with Crippen molar-refractivity contribution >= 4 is 23.2 Å². The number of hydrogen-bond donors (Lipinski definition) is 0. The van der Waals surface area contributed by atoms with Gasteiger partial charge >= 0.3 is 0 Å². The van der Waals surface area contributed by atoms with Crippen molar-refractivity contribution < 1.29 is 9.59 Å². The highest BCUT2D eigenvalue weighted by Gasteiger charge is 2.25. The van der Waals surface area contributed by atoms with Gasteiger partial charge in [-0.05, 0) is 58.5 Å². The molecule has 0 saturated carbocycles. The van der Waals surface area contributed by atoms with Crippen LogP contribution in [-0.4, -0.2) is 68.0 Å². The van der Waals surface area contributed by atoms with Crippen LogP contribution in [0.2, 0.25) is 0 Å². The number of rotatable bonds is 7. The van der Waals surface area contributed by atoms with E-state index in [-0.39, 0.29) is 18.4 Å². The molecule has 0 spiro atoms. The third kappa shape index (κ3) is 4.87. The molecule has 3 rings (SSSR count). The highest BCUT2D eigenvalue weighted by Crippen LogP contribution is 2.20. The summed E-state index contributed by atoms with van der Waals surface area (Å²) in [6.07, 6.45) is 3.80. The molecule has 1 aliphatic heterocycles. The van der Waals surface area contributed by atoms with Crippen LogP contribution in [0.15, 0.2) is 23.2 Å². The molecular weight excluding hydrogens is 352 g/mol. The SMILES string of the molecule is CCN(CC1CCN(C(=O)Cc2ccsc2)CC1)C(=O)Cn1cnnn1. The quantitative estimate of drug-likeness (QED) is 0.722. The van der Waals surface area contributed by atoms with E-state index >= 15 is 0 Å². The Bertz CT molecular complexity index is 695. The molecule has 0 aliphatic carbocycles. The van der Waals surface area contributed by atoms with Crippen LogP contribution in [0, 0.1) is 5.92 Å². The normalized spacial score (nSPS) is 15.2. The Hall–Kier alpha value is -2.29. The van der Waals surface area contributed by atoms with E-state index in [1.165, 1.54) is 11.0 Å². The van der Waals surface area contributed by atoms with Gasteiger partial charge in [-0.3, -0.25) is 9.59 Å². The van der Waals surface area contributed by atoms with Gasteiger partial charge in [0, 0.05) is 26.2 Å². The van der Waals surface area contributed by atoms with E-state index < -0.39 is 0 Å². The van der Waals surface area contributed by atoms with Gasteiger partial charge in [-0.25, -0.2) is 4.68 Å². The van der Waals surface area contributed by atoms with Crippen molar-refractivity contribution in [1.29, 1.82) is 0 Å². The van der Waals surface area contributed by atoms with Crippen molar-refractivity contribution in [3.8, 4) is 0 Å². The summed E-state index contributed by atoms with van der Waals surface area (Å²) in [4.78, 5) is 28.6. The molecule has 0 bridgehead atoms. The van der Waals surface area contributed by atoms with Crippen LogP contribution in [0.4, 0.5) is 0 Å². The summed E-state index contributed by atoms with van der Waals surface area (Å²) in [6.45, 7) is 5.08. The van der Waals surface area contributed by atoms with Crippen molar-refractivity contribution in [3.63, 3.8) is 0 Å². The number of thiophene rings is 1. The van der Waals surface area contributed by atoms with Crippen LogP contribution >= 0.6 is 11.3 Å². The summed E-state index contributed by atoms with van der Waals surface area (Å²) in [7, 11) is 0. The maximum absolute atomic E-state index is 12.4. The van der Waals surface area contributed by atoms with E-state index in [2.05, 4.69) is 15.5 Å². The molecule has 0 unspecified atom stereocenters. The number of nitrogens with zero attached hydrogens (tertiary/aromatic N) is 6. The number of piperidine rings is 1. The molecule has 0 N–H and O–H groups in total. The van der Waals surface area contributed by atoms with Crippen molar-refractivity contribution in [2.75, 3.05) is 26.2 Å². The Balaban J connectivity index is 1.44. The van der Waals surface area contributed by atoms with E-state index in [9.17, 15) is 9.59 Å². The maximum atomic E-state index is 12.4. The predicted molar refractivity (Wildman–Crippen MR) is 97.4 cm³/mol. The van der Waals surface area contributed by atoms with Gasteiger partial charge in [0.15, 0.2) is 0 Å². The summed E-state index contributed by atoms with van der Waals surface area (Å²) < 4.78 is 1.44. The van der Waals surface area contributed by atoms with Gasteiger partial charge in [0.2, 0.25) is 11.8 Å². The van der Waals surface area contributed by atoms with Gasteiger partial charge in [0.05, 0.1) is 6.42 Å². The van der Waals surface area contributed by atoms with E-state index in [1.54, 1.807) is 11.3 Å². The van der Waals surface area contributed by atoms with Crippen LogP contribution in [-0.2, 0) is 22.6 Å². The lowest BCUT2D eigenvalue weighted by atomic mass is 9.95. The molecule has 9 heteroatoms. The highest BCUT2D eigenvalue weighted by atomic mass is 32.1. The van der Waals surface area contributed by atoms with Gasteiger partial charge in [-0.15, -0.1) is 5.10 Å². The minimum absolute atomic E-state index is 0.0239. The molecule has 3 heterocycles. The first-order chi connectivity index (χ1) is 12.7. The third-order valence-electron chi connectivity index (χ3n) is 4.80. The average molecular weight is 376 g/mol. The van der Waals surface area contributed by atoms with Crippen LogP contribution in [0.25, 0.3) is 0 Å². The van der Waals surface area contributed by atoms with E-state index in [0.717, 1.165) is 38.0 Å². The van der Waals surface area contributed by atoms with Crippen LogP contribution < -0.4 is 0 Å². The van der Waals surface area contributed by atoms with Gasteiger partial charge in [-0.1, -0.05) is 0 Å². The molecule has 140 valence electrons. The fourth-order valence-electron chi connectivity index (χ4n) is 3.25. The predicted octanol–water partition coefficient (Wildman–Crippen LogP) is 1.06. The summed E-state index contributed by atoms with van der Waals surface area (Å²) in [5.41, 5.74) is 1.09. The number of aromatic nitrogens is 4. The van der Waals surface area contributed by atoms with Crippen molar-refractivity contribution in [2.45, 2.75) is 32.7 Å². The molecular formula is C17H24N6O2S. The zero-order valence-corrected chi connectivity index (χ0v) is 15.8. The molecule has 2 aromatic heterocycles. The zero-order valence-electron chi connectivity index (χ0n) is 15.0. The first kappa shape index (κ1) is 18.5. The Morgan fingerprint density at radius 1 is 1.35 bits per heavy atom. The maximum Gasteiger partial charge on any atom is 0.244 e. The number of amides is 2. The first-order valence-corrected chi connectivity index (χ1v) is 9.87. The standard InChI is InChI=1S/C17H24N6O2S/c1-2-21(17(25)11-23-13-18-19-20-23)10-14-3-6-22(7-4-14)16(24)9-15-5-8-26-12-15/h5,8,12-14H,2-4,6-7,9-11H2,1H3. The summed E-state index contributed by atoms with van der Waals surface area (Å²) in [5.74, 6) is 0.651. The number of carbonyl (C=O) groups is 2. The third-order valence-corrected chi connectivity index (χ3v) is 5.54. The monoisotopic (exact) mass is 376 g/mol. The minimum atomic E-state index is 0.0239. The average Bonchev–Trinajstić information content (AvgIpc) is 3.34. The van der Waals surface area contributed by atoms with Crippen LogP contribution in [0.3, 0.4) is 0 Å². The molecule has 0 aromatic carbocycles. The Morgan fingerprint density at radius 2 is 2.15 bits per heavy atom. The smallest absolute Gasteiger partial charge is 0.244 e. The van der Waals surface area contributed by atoms with Gasteiger partial charge in [0.1, 0.15) is 12.9 Å². The molecule has 26 heavy (non-hydrogen) atoms. The van der Waals surface area contributed by atoms with Gasteiger partial charge in [-0.2, -0.15) is 11.3 Å². The lowest BCUT2D eigenvalue weighted by molar-refractivity contribution is -0.135. The lowest BCUT2D eigenvalue weighted by Crippen LogP contribution is -2.44. The first-order valence-electron chi connectivity index (χ1n) is 8.93. The number of carbonyl (C=O) groups excluding carboxylic acids is 2. The molecule has 1 saturated heterocycles. The Morgan fingerprint density at radius 3 is 2.77 bits per heavy atom. The van der Waals surface area contributed by atoms with Crippen LogP contribution in [0.5, 0.6) is 0 Å². The fourth-order valence-corrected chi connectivity index (χ4v) is 3.92. The molecule has 1 fully saturated rings. The molecule has 8 nitrogen and oxygen atoms in total. The summed E-state index contributed by atoms with van der Waals surface area (Å²) in [5, 5.41) is 14.9. The second-order valence-corrected chi connectivity index (χ2v) is 7.35. The second kappa shape index (κ2) is 8.88. The Labute approximate surface area is 156 Å². The minimum Gasteiger partial charge on any atom is -0.342 e. The summed E-state index contributed by atoms with van der Waals surface area (Å²) in [6, 6.07) is 2.00. The highest BCUT2D eigenvalue weighted by molar-refractivity contribution is 7.08. The molecule has 0 atom stereocenters. The topological polar surface area (TPSA) is 84.2 Å². The van der Waals surface area contributed by atoms with Crippen molar-refractivity contribution in [1.82, 2.24) is 30.0 Å². The molecule has 1 aliphatic rings. The number of tetrazole rings is 1. The fraction of sp³-hybridized carbons (Fsp3) is 0.588. The number of likely N-dealkylation sites (N-methyl/N-ethyl adjacent to an activating group) is 1. The van der Waals surface area contributed by atoms with Gasteiger partial charge < -0.3 is 9.80 Å². The number of likely N-dealkylation sites (tertiary alicyclic amines) is 1. The lowest BCUT2D eigenvalue weighted by Gasteiger charge is -2.34. The summed E-state index contributed by atoms with van der Waals surface area (Å²) >= 11 is 1.62. The number of hydrogen-bond acceptors (Lipinski definition) is 6. The molecule has 2 aromatic rings.